The zero-order chi connectivity index (χ0) is 33.0. The van der Waals surface area contributed by atoms with Gasteiger partial charge in [0.25, 0.3) is 0 Å². The average Bonchev–Trinajstić information content (AvgIpc) is 3.12. The zero-order valence-corrected chi connectivity index (χ0v) is 28.8. The standard InChI is InChI=1S/C41H33NO3S3/c1-2-3-26-42-39-7-5-4-6-37(39)41(45)38-27-36(24-25-40(38)42)48(34-20-16-32(17-21-34)46-30-12-8-28(43)9-13-30)35-22-18-33(19-23-35)47-31-14-10-29(44)11-15-31/h4-25,27H,2-3,26H2,1H3,(H-,43,44)/p+1. The summed E-state index contributed by atoms with van der Waals surface area (Å²) in [5.41, 5.74) is 2.03. The number of aryl methyl sites for hydroxylation is 1. The molecule has 0 saturated heterocycles. The summed E-state index contributed by atoms with van der Waals surface area (Å²) < 4.78 is 2.31. The van der Waals surface area contributed by atoms with Gasteiger partial charge in [-0.2, -0.15) is 0 Å². The van der Waals surface area contributed by atoms with Gasteiger partial charge in [0.05, 0.1) is 27.3 Å². The molecule has 0 spiro atoms. The van der Waals surface area contributed by atoms with E-state index >= 15 is 0 Å². The molecule has 0 unspecified atom stereocenters. The number of unbranched alkanes of at least 4 members (excludes halogenated alkanes) is 1. The van der Waals surface area contributed by atoms with Crippen LogP contribution < -0.4 is 5.43 Å². The van der Waals surface area contributed by atoms with Gasteiger partial charge in [0, 0.05) is 37.6 Å². The van der Waals surface area contributed by atoms with Crippen LogP contribution in [-0.2, 0) is 17.4 Å². The van der Waals surface area contributed by atoms with Crippen molar-refractivity contribution >= 4 is 56.2 Å². The van der Waals surface area contributed by atoms with E-state index in [1.54, 1.807) is 47.8 Å². The molecule has 2 N–H and O–H groups in total. The molecule has 48 heavy (non-hydrogen) atoms. The molecule has 1 aromatic heterocycles. The SMILES string of the molecule is CCCCn1c2ccccc2c(=O)c2cc([S+](c3ccc(Sc4ccc(O)cc4)cc3)c3ccc(Sc4ccc(O)cc4)cc3)ccc21. The number of fused-ring (bicyclic) bond motifs is 2. The molecule has 0 fully saturated rings. The highest BCUT2D eigenvalue weighted by atomic mass is 32.2. The number of phenolic OH excluding ortho intramolecular Hbond substituents is 2. The van der Waals surface area contributed by atoms with Gasteiger partial charge in [-0.25, -0.2) is 0 Å². The smallest absolute Gasteiger partial charge is 0.197 e. The van der Waals surface area contributed by atoms with Gasteiger partial charge in [-0.1, -0.05) is 49.0 Å². The second-order valence-corrected chi connectivity index (χ2v) is 15.8. The van der Waals surface area contributed by atoms with Crippen LogP contribution in [-0.4, -0.2) is 14.8 Å². The van der Waals surface area contributed by atoms with Crippen molar-refractivity contribution in [3.63, 3.8) is 0 Å². The molecule has 0 saturated carbocycles. The van der Waals surface area contributed by atoms with Crippen LogP contribution in [0.25, 0.3) is 21.8 Å². The number of nitrogens with zero attached hydrogens (tertiary/aromatic N) is 1. The Bertz CT molecular complexity index is 2160. The number of phenols is 2. The summed E-state index contributed by atoms with van der Waals surface area (Å²) in [5.74, 6) is 0.512. The maximum atomic E-state index is 14.0. The number of hydrogen-bond acceptors (Lipinski definition) is 5. The van der Waals surface area contributed by atoms with Crippen LogP contribution in [0.2, 0.25) is 0 Å². The maximum absolute atomic E-state index is 14.0. The van der Waals surface area contributed by atoms with E-state index < -0.39 is 10.9 Å². The Balaban J connectivity index is 1.31. The number of benzene rings is 6. The summed E-state index contributed by atoms with van der Waals surface area (Å²) in [6, 6.07) is 46.3. The summed E-state index contributed by atoms with van der Waals surface area (Å²) >= 11 is 3.31. The number of para-hydroxylation sites is 1. The lowest BCUT2D eigenvalue weighted by Gasteiger charge is -2.16. The number of hydrogen-bond donors (Lipinski definition) is 2. The quantitative estimate of drug-likeness (QED) is 0.111. The van der Waals surface area contributed by atoms with Crippen LogP contribution in [0.15, 0.2) is 179 Å². The normalized spacial score (nSPS) is 11.5. The summed E-state index contributed by atoms with van der Waals surface area (Å²) in [5, 5.41) is 20.9. The highest BCUT2D eigenvalue weighted by molar-refractivity contribution is 7.99. The molecule has 6 aromatic carbocycles. The van der Waals surface area contributed by atoms with Gasteiger partial charge < -0.3 is 14.8 Å². The van der Waals surface area contributed by atoms with E-state index in [1.807, 2.05) is 42.5 Å². The molecular formula is C41H34NO3S3+. The van der Waals surface area contributed by atoms with E-state index in [0.29, 0.717) is 0 Å². The molecule has 0 radical (unpaired) electrons. The Morgan fingerprint density at radius 3 is 1.54 bits per heavy atom. The Morgan fingerprint density at radius 1 is 0.562 bits per heavy atom. The Morgan fingerprint density at radius 2 is 1.02 bits per heavy atom. The lowest BCUT2D eigenvalue weighted by Crippen LogP contribution is -2.13. The molecule has 0 amide bonds. The Kier molecular flexibility index (Phi) is 9.52. The molecule has 0 aliphatic rings. The average molecular weight is 685 g/mol. The fourth-order valence-corrected chi connectivity index (χ4v) is 9.49. The molecule has 7 aromatic rings. The summed E-state index contributed by atoms with van der Waals surface area (Å²) in [6.45, 7) is 3.05. The minimum Gasteiger partial charge on any atom is -0.508 e. The third-order valence-electron chi connectivity index (χ3n) is 8.18. The van der Waals surface area contributed by atoms with E-state index in [1.165, 1.54) is 0 Å². The first-order valence-corrected chi connectivity index (χ1v) is 18.8. The molecule has 0 aliphatic heterocycles. The first kappa shape index (κ1) is 32.0. The van der Waals surface area contributed by atoms with Crippen molar-refractivity contribution in [2.75, 3.05) is 0 Å². The Hall–Kier alpha value is -4.56. The number of pyridine rings is 1. The highest BCUT2D eigenvalue weighted by Crippen LogP contribution is 2.37. The lowest BCUT2D eigenvalue weighted by atomic mass is 10.1. The first-order valence-electron chi connectivity index (χ1n) is 15.9. The second-order valence-electron chi connectivity index (χ2n) is 11.5. The van der Waals surface area contributed by atoms with Gasteiger partial charge in [0.1, 0.15) is 11.5 Å². The molecule has 0 aliphatic carbocycles. The van der Waals surface area contributed by atoms with Crippen molar-refractivity contribution < 1.29 is 10.2 Å². The number of aromatic nitrogens is 1. The van der Waals surface area contributed by atoms with Gasteiger partial charge in [-0.3, -0.25) is 4.79 Å². The fourth-order valence-electron chi connectivity index (χ4n) is 5.79. The van der Waals surface area contributed by atoms with Crippen LogP contribution >= 0.6 is 23.5 Å². The molecule has 4 nitrogen and oxygen atoms in total. The van der Waals surface area contributed by atoms with Crippen molar-refractivity contribution in [2.24, 2.45) is 0 Å². The summed E-state index contributed by atoms with van der Waals surface area (Å²) in [6.07, 6.45) is 2.11. The van der Waals surface area contributed by atoms with E-state index in [0.717, 1.165) is 75.5 Å². The molecule has 0 bridgehead atoms. The molecule has 7 heteroatoms. The molecule has 238 valence electrons. The van der Waals surface area contributed by atoms with Gasteiger partial charge in [-0.15, -0.1) is 0 Å². The van der Waals surface area contributed by atoms with Crippen LogP contribution in [0.1, 0.15) is 19.8 Å². The highest BCUT2D eigenvalue weighted by Gasteiger charge is 2.30. The summed E-state index contributed by atoms with van der Waals surface area (Å²) in [4.78, 5) is 21.7. The van der Waals surface area contributed by atoms with Gasteiger partial charge in [-0.05, 0) is 128 Å². The van der Waals surface area contributed by atoms with Crippen LogP contribution in [0.5, 0.6) is 11.5 Å². The maximum Gasteiger partial charge on any atom is 0.197 e. The molecule has 7 rings (SSSR count). The number of rotatable bonds is 10. The molecule has 0 atom stereocenters. The van der Waals surface area contributed by atoms with E-state index in [2.05, 4.69) is 84.3 Å². The monoisotopic (exact) mass is 684 g/mol. The lowest BCUT2D eigenvalue weighted by molar-refractivity contribution is 0.474. The van der Waals surface area contributed by atoms with Crippen LogP contribution in [0, 0.1) is 0 Å². The molecule has 1 heterocycles. The zero-order valence-electron chi connectivity index (χ0n) is 26.4. The fraction of sp³-hybridized carbons (Fsp3) is 0.0976. The van der Waals surface area contributed by atoms with E-state index in [4.69, 9.17) is 0 Å². The third kappa shape index (κ3) is 6.85. The van der Waals surface area contributed by atoms with Crippen molar-refractivity contribution in [3.8, 4) is 11.5 Å². The second kappa shape index (κ2) is 14.3. The third-order valence-corrected chi connectivity index (χ3v) is 12.4. The van der Waals surface area contributed by atoms with E-state index in [9.17, 15) is 15.0 Å². The predicted molar refractivity (Wildman–Crippen MR) is 200 cm³/mol. The summed E-state index contributed by atoms with van der Waals surface area (Å²) in [7, 11) is -0.473. The van der Waals surface area contributed by atoms with Crippen LogP contribution in [0.4, 0.5) is 0 Å². The van der Waals surface area contributed by atoms with Crippen molar-refractivity contribution in [1.82, 2.24) is 4.57 Å². The first-order chi connectivity index (χ1) is 23.5. The minimum absolute atomic E-state index is 0.0695. The predicted octanol–water partition coefficient (Wildman–Crippen LogP) is 10.8. The van der Waals surface area contributed by atoms with Gasteiger partial charge >= 0.3 is 0 Å². The van der Waals surface area contributed by atoms with Gasteiger partial charge in [0.2, 0.25) is 0 Å². The van der Waals surface area contributed by atoms with Gasteiger partial charge in [0.15, 0.2) is 20.1 Å². The van der Waals surface area contributed by atoms with Crippen LogP contribution in [0.3, 0.4) is 0 Å². The van der Waals surface area contributed by atoms with Crippen molar-refractivity contribution in [3.05, 3.63) is 150 Å². The Labute approximate surface area is 291 Å². The number of aromatic hydroxyl groups is 2. The van der Waals surface area contributed by atoms with E-state index in [-0.39, 0.29) is 16.9 Å². The molecular weight excluding hydrogens is 651 g/mol. The van der Waals surface area contributed by atoms with Crippen molar-refractivity contribution in [2.45, 2.75) is 60.6 Å². The van der Waals surface area contributed by atoms with Crippen molar-refractivity contribution in [1.29, 1.82) is 0 Å². The minimum atomic E-state index is -0.473. The largest absolute Gasteiger partial charge is 0.508 e. The topological polar surface area (TPSA) is 62.5 Å².